The molecule has 1 N–H and O–H groups in total. The summed E-state index contributed by atoms with van der Waals surface area (Å²) in [5.74, 6) is 0.800. The molecule has 1 saturated carbocycles. The molecule has 1 aliphatic carbocycles. The monoisotopic (exact) mass is 289 g/mol. The molecule has 21 heavy (non-hydrogen) atoms. The maximum Gasteiger partial charge on any atom is 0.160 e. The molecule has 1 heterocycles. The van der Waals surface area contributed by atoms with Crippen LogP contribution in [0.1, 0.15) is 50.5 Å². The number of methoxy groups -OCH3 is 1. The first-order valence-corrected chi connectivity index (χ1v) is 8.29. The van der Waals surface area contributed by atoms with E-state index in [0.29, 0.717) is 11.2 Å². The highest BCUT2D eigenvalue weighted by atomic mass is 16.5. The zero-order valence-electron chi connectivity index (χ0n) is 13.1. The van der Waals surface area contributed by atoms with Gasteiger partial charge in [-0.3, -0.25) is 4.90 Å². The quantitative estimate of drug-likeness (QED) is 0.914. The van der Waals surface area contributed by atoms with E-state index in [9.17, 15) is 5.11 Å². The molecule has 116 valence electrons. The van der Waals surface area contributed by atoms with E-state index < -0.39 is 0 Å². The third-order valence-electron chi connectivity index (χ3n) is 5.48. The average Bonchev–Trinajstić information content (AvgIpc) is 2.51. The number of rotatable bonds is 3. The summed E-state index contributed by atoms with van der Waals surface area (Å²) in [5.41, 5.74) is 1.84. The summed E-state index contributed by atoms with van der Waals surface area (Å²) in [6.07, 6.45) is 9.92. The molecule has 0 atom stereocenters. The first-order chi connectivity index (χ1) is 10.2. The van der Waals surface area contributed by atoms with Crippen LogP contribution in [0.2, 0.25) is 0 Å². The zero-order chi connectivity index (χ0) is 14.7. The lowest BCUT2D eigenvalue weighted by molar-refractivity contribution is 0.0641. The predicted octanol–water partition coefficient (Wildman–Crippen LogP) is 3.95. The van der Waals surface area contributed by atoms with E-state index in [1.807, 2.05) is 12.1 Å². The van der Waals surface area contributed by atoms with Crippen LogP contribution >= 0.6 is 0 Å². The molecule has 1 spiro atoms. The molecule has 0 radical (unpaired) electrons. The maximum absolute atomic E-state index is 9.88. The molecule has 0 unspecified atom stereocenters. The first-order valence-electron chi connectivity index (χ1n) is 8.29. The van der Waals surface area contributed by atoms with E-state index >= 15 is 0 Å². The van der Waals surface area contributed by atoms with Crippen molar-refractivity contribution in [2.45, 2.75) is 51.5 Å². The number of phenolic OH excluding ortho intramolecular Hbond substituents is 1. The van der Waals surface area contributed by atoms with E-state index in [4.69, 9.17) is 4.74 Å². The van der Waals surface area contributed by atoms with Gasteiger partial charge in [-0.05, 0) is 61.9 Å². The van der Waals surface area contributed by atoms with Crippen LogP contribution in [0.3, 0.4) is 0 Å². The van der Waals surface area contributed by atoms with Gasteiger partial charge in [0.2, 0.25) is 0 Å². The van der Waals surface area contributed by atoms with Gasteiger partial charge >= 0.3 is 0 Å². The highest BCUT2D eigenvalue weighted by Gasteiger charge is 2.35. The van der Waals surface area contributed by atoms with Gasteiger partial charge in [-0.1, -0.05) is 25.3 Å². The van der Waals surface area contributed by atoms with Gasteiger partial charge in [0.15, 0.2) is 11.5 Å². The van der Waals surface area contributed by atoms with Crippen molar-refractivity contribution in [3.05, 3.63) is 23.8 Å². The molecule has 0 bridgehead atoms. The molecule has 3 rings (SSSR count). The number of ether oxygens (including phenoxy) is 1. The first kappa shape index (κ1) is 14.7. The summed E-state index contributed by atoms with van der Waals surface area (Å²) in [6, 6.07) is 5.75. The number of benzene rings is 1. The van der Waals surface area contributed by atoms with Crippen molar-refractivity contribution in [1.82, 2.24) is 4.90 Å². The minimum absolute atomic E-state index is 0.246. The van der Waals surface area contributed by atoms with E-state index in [1.54, 1.807) is 7.11 Å². The standard InChI is InChI=1S/C18H27NO2/c1-21-17-6-5-15(13-16(17)20)14-19-11-9-18(10-12-19)7-3-2-4-8-18/h5-6,13,20H,2-4,7-12,14H2,1H3. The van der Waals surface area contributed by atoms with E-state index in [1.165, 1.54) is 63.6 Å². The molecule has 3 heteroatoms. The maximum atomic E-state index is 9.88. The third kappa shape index (κ3) is 3.34. The second-order valence-corrected chi connectivity index (χ2v) is 6.84. The fraction of sp³-hybridized carbons (Fsp3) is 0.667. The minimum atomic E-state index is 0.246. The molecule has 1 aliphatic heterocycles. The topological polar surface area (TPSA) is 32.7 Å². The van der Waals surface area contributed by atoms with E-state index in [0.717, 1.165) is 6.54 Å². The Balaban J connectivity index is 1.56. The van der Waals surface area contributed by atoms with Crippen LogP contribution < -0.4 is 4.74 Å². The van der Waals surface area contributed by atoms with Crippen LogP contribution in [-0.4, -0.2) is 30.2 Å². The van der Waals surface area contributed by atoms with Crippen LogP contribution in [0.4, 0.5) is 0 Å². The summed E-state index contributed by atoms with van der Waals surface area (Å²) >= 11 is 0. The lowest BCUT2D eigenvalue weighted by Crippen LogP contribution is -2.40. The molecule has 1 aromatic rings. The molecular weight excluding hydrogens is 262 g/mol. The number of likely N-dealkylation sites (tertiary alicyclic amines) is 1. The Labute approximate surface area is 127 Å². The molecule has 2 fully saturated rings. The van der Waals surface area contributed by atoms with Crippen molar-refractivity contribution >= 4 is 0 Å². The Bertz CT molecular complexity index is 470. The number of aromatic hydroxyl groups is 1. The van der Waals surface area contributed by atoms with Crippen LogP contribution in [0.15, 0.2) is 18.2 Å². The number of piperidine rings is 1. The van der Waals surface area contributed by atoms with Crippen LogP contribution in [0.25, 0.3) is 0 Å². The highest BCUT2D eigenvalue weighted by Crippen LogP contribution is 2.44. The average molecular weight is 289 g/mol. The smallest absolute Gasteiger partial charge is 0.160 e. The van der Waals surface area contributed by atoms with Crippen molar-refractivity contribution in [3.8, 4) is 11.5 Å². The Morgan fingerprint density at radius 3 is 2.43 bits per heavy atom. The van der Waals surface area contributed by atoms with Crippen molar-refractivity contribution in [2.75, 3.05) is 20.2 Å². The zero-order valence-corrected chi connectivity index (χ0v) is 13.1. The molecular formula is C18H27NO2. The van der Waals surface area contributed by atoms with Gasteiger partial charge in [-0.25, -0.2) is 0 Å². The number of phenols is 1. The highest BCUT2D eigenvalue weighted by molar-refractivity contribution is 5.41. The van der Waals surface area contributed by atoms with Gasteiger partial charge in [0, 0.05) is 6.54 Å². The number of hydrogen-bond acceptors (Lipinski definition) is 3. The molecule has 2 aliphatic rings. The van der Waals surface area contributed by atoms with Gasteiger partial charge in [0.25, 0.3) is 0 Å². The third-order valence-corrected chi connectivity index (χ3v) is 5.48. The lowest BCUT2D eigenvalue weighted by atomic mass is 9.68. The van der Waals surface area contributed by atoms with Crippen molar-refractivity contribution < 1.29 is 9.84 Å². The second kappa shape index (κ2) is 6.27. The van der Waals surface area contributed by atoms with Crippen LogP contribution in [0, 0.1) is 5.41 Å². The fourth-order valence-corrected chi connectivity index (χ4v) is 4.08. The summed E-state index contributed by atoms with van der Waals surface area (Å²) < 4.78 is 5.10. The summed E-state index contributed by atoms with van der Waals surface area (Å²) in [7, 11) is 1.59. The number of hydrogen-bond donors (Lipinski definition) is 1. The Hall–Kier alpha value is -1.22. The summed E-state index contributed by atoms with van der Waals surface area (Å²) in [4.78, 5) is 2.53. The number of nitrogens with zero attached hydrogens (tertiary/aromatic N) is 1. The van der Waals surface area contributed by atoms with Gasteiger partial charge in [0.05, 0.1) is 7.11 Å². The second-order valence-electron chi connectivity index (χ2n) is 6.84. The predicted molar refractivity (Wildman–Crippen MR) is 84.7 cm³/mol. The molecule has 1 aromatic carbocycles. The summed E-state index contributed by atoms with van der Waals surface area (Å²) in [6.45, 7) is 3.34. The molecule has 0 amide bonds. The Morgan fingerprint density at radius 2 is 1.81 bits per heavy atom. The van der Waals surface area contributed by atoms with Crippen LogP contribution in [-0.2, 0) is 6.54 Å². The molecule has 1 saturated heterocycles. The normalized spacial score (nSPS) is 22.3. The van der Waals surface area contributed by atoms with E-state index in [2.05, 4.69) is 11.0 Å². The van der Waals surface area contributed by atoms with Crippen LogP contribution in [0.5, 0.6) is 11.5 Å². The fourth-order valence-electron chi connectivity index (χ4n) is 4.08. The van der Waals surface area contributed by atoms with Crippen molar-refractivity contribution in [1.29, 1.82) is 0 Å². The van der Waals surface area contributed by atoms with Crippen molar-refractivity contribution in [3.63, 3.8) is 0 Å². The Morgan fingerprint density at radius 1 is 1.10 bits per heavy atom. The SMILES string of the molecule is COc1ccc(CN2CCC3(CCCCC3)CC2)cc1O. The summed E-state index contributed by atoms with van der Waals surface area (Å²) in [5, 5.41) is 9.88. The van der Waals surface area contributed by atoms with Crippen molar-refractivity contribution in [2.24, 2.45) is 5.41 Å². The molecule has 3 nitrogen and oxygen atoms in total. The largest absolute Gasteiger partial charge is 0.504 e. The van der Waals surface area contributed by atoms with Gasteiger partial charge in [-0.2, -0.15) is 0 Å². The van der Waals surface area contributed by atoms with Gasteiger partial charge < -0.3 is 9.84 Å². The minimum Gasteiger partial charge on any atom is -0.504 e. The van der Waals surface area contributed by atoms with Gasteiger partial charge in [-0.15, -0.1) is 0 Å². The molecule has 0 aromatic heterocycles. The lowest BCUT2D eigenvalue weighted by Gasteiger charge is -2.44. The van der Waals surface area contributed by atoms with E-state index in [-0.39, 0.29) is 5.75 Å². The Kier molecular flexibility index (Phi) is 4.39. The van der Waals surface area contributed by atoms with Gasteiger partial charge in [0.1, 0.15) is 0 Å².